The molecule has 4 heteroatoms. The van der Waals surface area contributed by atoms with E-state index in [0.717, 1.165) is 12.0 Å². The van der Waals surface area contributed by atoms with Crippen molar-refractivity contribution in [3.05, 3.63) is 52.3 Å². The molecule has 0 fully saturated rings. The van der Waals surface area contributed by atoms with Crippen molar-refractivity contribution in [3.8, 4) is 0 Å². The molecule has 0 spiro atoms. The van der Waals surface area contributed by atoms with E-state index >= 15 is 0 Å². The zero-order chi connectivity index (χ0) is 13.6. The quantitative estimate of drug-likeness (QED) is 0.914. The van der Waals surface area contributed by atoms with Gasteiger partial charge in [0.2, 0.25) is 0 Å². The van der Waals surface area contributed by atoms with Crippen LogP contribution >= 0.6 is 11.6 Å². The largest absolute Gasteiger partial charge is 0.379 e. The SMILES string of the molecule is CC(C)n1ncc(Cl)c1C1(O)CCc2ccccc21. The van der Waals surface area contributed by atoms with Gasteiger partial charge in [0.15, 0.2) is 0 Å². The molecule has 1 unspecified atom stereocenters. The van der Waals surface area contributed by atoms with E-state index in [2.05, 4.69) is 11.2 Å². The number of nitrogens with zero attached hydrogens (tertiary/aromatic N) is 2. The molecule has 1 heterocycles. The van der Waals surface area contributed by atoms with Crippen LogP contribution in [0.15, 0.2) is 30.5 Å². The number of fused-ring (bicyclic) bond motifs is 1. The highest BCUT2D eigenvalue weighted by Crippen LogP contribution is 2.44. The molecule has 1 aliphatic rings. The number of aromatic nitrogens is 2. The summed E-state index contributed by atoms with van der Waals surface area (Å²) in [5.74, 6) is 0. The summed E-state index contributed by atoms with van der Waals surface area (Å²) < 4.78 is 1.82. The Labute approximate surface area is 117 Å². The van der Waals surface area contributed by atoms with Crippen LogP contribution in [0.2, 0.25) is 5.02 Å². The molecule has 1 atom stereocenters. The number of hydrogen-bond donors (Lipinski definition) is 1. The summed E-state index contributed by atoms with van der Waals surface area (Å²) >= 11 is 6.28. The predicted molar refractivity (Wildman–Crippen MR) is 75.4 cm³/mol. The van der Waals surface area contributed by atoms with Gasteiger partial charge in [-0.1, -0.05) is 35.9 Å². The zero-order valence-electron chi connectivity index (χ0n) is 11.1. The topological polar surface area (TPSA) is 38.0 Å². The van der Waals surface area contributed by atoms with Crippen molar-refractivity contribution in [1.82, 2.24) is 9.78 Å². The fourth-order valence-corrected chi connectivity index (χ4v) is 3.24. The first-order valence-corrected chi connectivity index (χ1v) is 6.96. The maximum Gasteiger partial charge on any atom is 0.133 e. The van der Waals surface area contributed by atoms with Crippen molar-refractivity contribution in [2.45, 2.75) is 38.3 Å². The van der Waals surface area contributed by atoms with Gasteiger partial charge in [-0.3, -0.25) is 4.68 Å². The minimum atomic E-state index is -1.02. The van der Waals surface area contributed by atoms with E-state index in [-0.39, 0.29) is 6.04 Å². The van der Waals surface area contributed by atoms with E-state index in [4.69, 9.17) is 11.6 Å². The second-order valence-electron chi connectivity index (χ2n) is 5.40. The lowest BCUT2D eigenvalue weighted by molar-refractivity contribution is 0.0715. The van der Waals surface area contributed by atoms with Crippen LogP contribution in [0, 0.1) is 0 Å². The van der Waals surface area contributed by atoms with Gasteiger partial charge in [-0.15, -0.1) is 0 Å². The van der Waals surface area contributed by atoms with E-state index in [1.807, 2.05) is 36.7 Å². The highest BCUT2D eigenvalue weighted by molar-refractivity contribution is 6.31. The molecular weight excluding hydrogens is 260 g/mol. The Hall–Kier alpha value is -1.32. The van der Waals surface area contributed by atoms with Crippen molar-refractivity contribution in [1.29, 1.82) is 0 Å². The number of benzene rings is 1. The van der Waals surface area contributed by atoms with Crippen molar-refractivity contribution in [3.63, 3.8) is 0 Å². The maximum absolute atomic E-state index is 11.2. The van der Waals surface area contributed by atoms with Crippen LogP contribution in [0.25, 0.3) is 0 Å². The fourth-order valence-electron chi connectivity index (χ4n) is 2.96. The molecule has 1 N–H and O–H groups in total. The third-order valence-electron chi connectivity index (χ3n) is 3.85. The minimum Gasteiger partial charge on any atom is -0.379 e. The highest BCUT2D eigenvalue weighted by atomic mass is 35.5. The average molecular weight is 277 g/mol. The van der Waals surface area contributed by atoms with Crippen LogP contribution in [0.5, 0.6) is 0 Å². The zero-order valence-corrected chi connectivity index (χ0v) is 11.9. The van der Waals surface area contributed by atoms with Crippen LogP contribution in [0.1, 0.15) is 43.1 Å². The molecule has 2 aromatic rings. The second kappa shape index (κ2) is 4.36. The van der Waals surface area contributed by atoms with Gasteiger partial charge in [0.05, 0.1) is 16.9 Å². The monoisotopic (exact) mass is 276 g/mol. The Kier molecular flexibility index (Phi) is 2.91. The Morgan fingerprint density at radius 2 is 2.11 bits per heavy atom. The standard InChI is InChI=1S/C15H17ClN2O/c1-10(2)18-14(13(16)9-17-18)15(19)8-7-11-5-3-4-6-12(11)15/h3-6,9-10,19H,7-8H2,1-2H3. The first-order valence-electron chi connectivity index (χ1n) is 6.58. The molecule has 0 radical (unpaired) electrons. The summed E-state index contributed by atoms with van der Waals surface area (Å²) in [5, 5.41) is 16.0. The highest BCUT2D eigenvalue weighted by Gasteiger charge is 2.42. The van der Waals surface area contributed by atoms with Gasteiger partial charge >= 0.3 is 0 Å². The van der Waals surface area contributed by atoms with E-state index in [9.17, 15) is 5.11 Å². The fraction of sp³-hybridized carbons (Fsp3) is 0.400. The Morgan fingerprint density at radius 1 is 1.37 bits per heavy atom. The molecule has 1 aromatic carbocycles. The van der Waals surface area contributed by atoms with Gasteiger partial charge in [0.25, 0.3) is 0 Å². The van der Waals surface area contributed by atoms with Gasteiger partial charge < -0.3 is 5.11 Å². The van der Waals surface area contributed by atoms with Crippen molar-refractivity contribution in [2.24, 2.45) is 0 Å². The molecule has 0 bridgehead atoms. The second-order valence-corrected chi connectivity index (χ2v) is 5.80. The molecule has 19 heavy (non-hydrogen) atoms. The van der Waals surface area contributed by atoms with Gasteiger partial charge in [-0.2, -0.15) is 5.10 Å². The number of aliphatic hydroxyl groups is 1. The lowest BCUT2D eigenvalue weighted by Crippen LogP contribution is -2.29. The molecule has 100 valence electrons. The molecular formula is C15H17ClN2O. The van der Waals surface area contributed by atoms with E-state index in [1.165, 1.54) is 5.56 Å². The number of rotatable bonds is 2. The van der Waals surface area contributed by atoms with Crippen molar-refractivity contribution in [2.75, 3.05) is 0 Å². The van der Waals surface area contributed by atoms with Crippen LogP contribution in [0.3, 0.4) is 0 Å². The first kappa shape index (κ1) is 12.7. The van der Waals surface area contributed by atoms with Gasteiger partial charge in [-0.05, 0) is 37.8 Å². The maximum atomic E-state index is 11.2. The minimum absolute atomic E-state index is 0.166. The molecule has 0 amide bonds. The molecule has 3 nitrogen and oxygen atoms in total. The van der Waals surface area contributed by atoms with Crippen LogP contribution in [0.4, 0.5) is 0 Å². The van der Waals surface area contributed by atoms with E-state index < -0.39 is 5.60 Å². The molecule has 0 aliphatic heterocycles. The summed E-state index contributed by atoms with van der Waals surface area (Å²) in [7, 11) is 0. The van der Waals surface area contributed by atoms with Crippen LogP contribution in [-0.4, -0.2) is 14.9 Å². The first-order chi connectivity index (χ1) is 9.04. The number of aryl methyl sites for hydroxylation is 1. The third-order valence-corrected chi connectivity index (χ3v) is 4.13. The lowest BCUT2D eigenvalue weighted by Gasteiger charge is -2.27. The molecule has 1 aromatic heterocycles. The third kappa shape index (κ3) is 1.80. The smallest absolute Gasteiger partial charge is 0.133 e. The van der Waals surface area contributed by atoms with E-state index in [1.54, 1.807) is 6.20 Å². The summed E-state index contributed by atoms with van der Waals surface area (Å²) in [4.78, 5) is 0. The Morgan fingerprint density at radius 3 is 2.84 bits per heavy atom. The molecule has 1 aliphatic carbocycles. The summed E-state index contributed by atoms with van der Waals surface area (Å²) in [6, 6.07) is 8.18. The van der Waals surface area contributed by atoms with Crippen molar-refractivity contribution < 1.29 is 5.11 Å². The number of halogens is 1. The average Bonchev–Trinajstić information content (AvgIpc) is 2.93. The van der Waals surface area contributed by atoms with Crippen molar-refractivity contribution >= 4 is 11.6 Å². The van der Waals surface area contributed by atoms with Crippen LogP contribution < -0.4 is 0 Å². The molecule has 0 saturated carbocycles. The summed E-state index contributed by atoms with van der Waals surface area (Å²) in [5.41, 5.74) is 1.85. The van der Waals surface area contributed by atoms with E-state index in [0.29, 0.717) is 17.1 Å². The molecule has 0 saturated heterocycles. The predicted octanol–water partition coefficient (Wildman–Crippen LogP) is 3.30. The van der Waals surface area contributed by atoms with Crippen LogP contribution in [-0.2, 0) is 12.0 Å². The van der Waals surface area contributed by atoms with Gasteiger partial charge in [0, 0.05) is 6.04 Å². The Balaban J connectivity index is 2.20. The number of hydrogen-bond acceptors (Lipinski definition) is 2. The van der Waals surface area contributed by atoms with Gasteiger partial charge in [-0.25, -0.2) is 0 Å². The lowest BCUT2D eigenvalue weighted by atomic mass is 9.92. The normalized spacial score (nSPS) is 21.9. The Bertz CT molecular complexity index is 620. The summed E-state index contributed by atoms with van der Waals surface area (Å²) in [6.07, 6.45) is 3.15. The molecule has 3 rings (SSSR count). The van der Waals surface area contributed by atoms with Gasteiger partial charge in [0.1, 0.15) is 5.60 Å². The summed E-state index contributed by atoms with van der Waals surface area (Å²) in [6.45, 7) is 4.08.